The van der Waals surface area contributed by atoms with E-state index in [9.17, 15) is 0 Å². The van der Waals surface area contributed by atoms with Crippen LogP contribution in [0.15, 0.2) is 12.1 Å². The Labute approximate surface area is 89.6 Å². The molecule has 0 radical (unpaired) electrons. The molecule has 0 saturated carbocycles. The monoisotopic (exact) mass is 244 g/mol. The van der Waals surface area contributed by atoms with E-state index in [1.54, 1.807) is 0 Å². The summed E-state index contributed by atoms with van der Waals surface area (Å²) in [5.41, 5.74) is 5.79. The van der Waals surface area contributed by atoms with Crippen molar-refractivity contribution in [2.75, 3.05) is 5.73 Å². The fourth-order valence-corrected chi connectivity index (χ4v) is 1.32. The van der Waals surface area contributed by atoms with E-state index in [4.69, 9.17) is 52.1 Å². The number of rotatable bonds is 0. The van der Waals surface area contributed by atoms with Crippen LogP contribution in [0.4, 0.5) is 5.82 Å². The third-order valence-corrected chi connectivity index (χ3v) is 2.02. The van der Waals surface area contributed by atoms with Crippen LogP contribution in [0.25, 0.3) is 0 Å². The second-order valence-corrected chi connectivity index (χ2v) is 4.73. The molecular formula is C6H4Cl4N2. The second-order valence-electron chi connectivity index (χ2n) is 2.06. The van der Waals surface area contributed by atoms with Crippen molar-refractivity contribution in [1.82, 2.24) is 4.98 Å². The van der Waals surface area contributed by atoms with Gasteiger partial charge in [0, 0.05) is 5.56 Å². The predicted molar refractivity (Wildman–Crippen MR) is 52.9 cm³/mol. The summed E-state index contributed by atoms with van der Waals surface area (Å²) in [4.78, 5) is 3.73. The number of alkyl halides is 3. The van der Waals surface area contributed by atoms with Gasteiger partial charge in [-0.05, 0) is 12.1 Å². The number of halogens is 4. The number of hydrogen-bond donors (Lipinski definition) is 1. The Bertz CT molecular complexity index is 294. The third kappa shape index (κ3) is 2.30. The number of anilines is 1. The van der Waals surface area contributed by atoms with Crippen molar-refractivity contribution in [3.8, 4) is 0 Å². The van der Waals surface area contributed by atoms with Crippen LogP contribution in [-0.4, -0.2) is 4.98 Å². The summed E-state index contributed by atoms with van der Waals surface area (Å²) in [6.45, 7) is 0. The van der Waals surface area contributed by atoms with Crippen LogP contribution in [0.3, 0.4) is 0 Å². The molecule has 2 N–H and O–H groups in total. The molecule has 0 saturated heterocycles. The van der Waals surface area contributed by atoms with Crippen molar-refractivity contribution >= 4 is 52.2 Å². The van der Waals surface area contributed by atoms with Crippen molar-refractivity contribution in [3.63, 3.8) is 0 Å². The third-order valence-electron chi connectivity index (χ3n) is 1.20. The number of aromatic nitrogens is 1. The Morgan fingerprint density at radius 3 is 2.25 bits per heavy atom. The van der Waals surface area contributed by atoms with Gasteiger partial charge in [0.25, 0.3) is 0 Å². The summed E-state index contributed by atoms with van der Waals surface area (Å²) in [6.07, 6.45) is 0. The molecule has 0 amide bonds. The summed E-state index contributed by atoms with van der Waals surface area (Å²) in [7, 11) is 0. The van der Waals surface area contributed by atoms with Crippen LogP contribution >= 0.6 is 46.4 Å². The van der Waals surface area contributed by atoms with Crippen molar-refractivity contribution in [1.29, 1.82) is 0 Å². The van der Waals surface area contributed by atoms with Crippen LogP contribution in [-0.2, 0) is 3.79 Å². The number of nitrogens with zero attached hydrogens (tertiary/aromatic N) is 1. The molecule has 0 spiro atoms. The lowest BCUT2D eigenvalue weighted by molar-refractivity contribution is 1.18. The van der Waals surface area contributed by atoms with Crippen LogP contribution in [0, 0.1) is 0 Å². The number of nitrogen functional groups attached to an aromatic ring is 1. The normalized spacial score (nSPS) is 11.7. The molecule has 0 atom stereocenters. The largest absolute Gasteiger partial charge is 0.383 e. The van der Waals surface area contributed by atoms with Gasteiger partial charge in [-0.15, -0.1) is 0 Å². The Morgan fingerprint density at radius 2 is 1.83 bits per heavy atom. The molecule has 66 valence electrons. The lowest BCUT2D eigenvalue weighted by atomic mass is 10.3. The van der Waals surface area contributed by atoms with Crippen molar-refractivity contribution in [2.24, 2.45) is 0 Å². The first-order valence-corrected chi connectivity index (χ1v) is 4.41. The summed E-state index contributed by atoms with van der Waals surface area (Å²) < 4.78 is -1.55. The topological polar surface area (TPSA) is 38.9 Å². The van der Waals surface area contributed by atoms with Crippen molar-refractivity contribution < 1.29 is 0 Å². The SMILES string of the molecule is Nc1nc(Cl)ccc1C(Cl)(Cl)Cl. The number of nitrogens with two attached hydrogens (primary N) is 1. The number of hydrogen-bond acceptors (Lipinski definition) is 2. The van der Waals surface area contributed by atoms with Gasteiger partial charge in [0.15, 0.2) is 0 Å². The van der Waals surface area contributed by atoms with Gasteiger partial charge < -0.3 is 5.73 Å². The minimum absolute atomic E-state index is 0.127. The Balaban J connectivity index is 3.19. The summed E-state index contributed by atoms with van der Waals surface area (Å²) in [5.74, 6) is 0.127. The van der Waals surface area contributed by atoms with E-state index in [0.717, 1.165) is 0 Å². The van der Waals surface area contributed by atoms with Crippen LogP contribution in [0.2, 0.25) is 5.15 Å². The van der Waals surface area contributed by atoms with E-state index in [1.165, 1.54) is 12.1 Å². The molecule has 1 aromatic rings. The fraction of sp³-hybridized carbons (Fsp3) is 0.167. The minimum Gasteiger partial charge on any atom is -0.383 e. The summed E-state index contributed by atoms with van der Waals surface area (Å²) in [5, 5.41) is 0.269. The molecule has 0 bridgehead atoms. The number of pyridine rings is 1. The fourth-order valence-electron chi connectivity index (χ4n) is 0.690. The Hall–Kier alpha value is 0.110. The second kappa shape index (κ2) is 3.46. The zero-order valence-electron chi connectivity index (χ0n) is 5.69. The first kappa shape index (κ1) is 10.2. The molecule has 0 aromatic carbocycles. The average Bonchev–Trinajstić information content (AvgIpc) is 1.83. The average molecular weight is 246 g/mol. The first-order valence-electron chi connectivity index (χ1n) is 2.90. The summed E-state index contributed by atoms with van der Waals surface area (Å²) >= 11 is 22.3. The lowest BCUT2D eigenvalue weighted by Gasteiger charge is -2.12. The lowest BCUT2D eigenvalue weighted by Crippen LogP contribution is -2.06. The highest BCUT2D eigenvalue weighted by Crippen LogP contribution is 2.40. The zero-order valence-corrected chi connectivity index (χ0v) is 8.71. The molecular weight excluding hydrogens is 242 g/mol. The Kier molecular flexibility index (Phi) is 2.94. The molecule has 2 nitrogen and oxygen atoms in total. The molecule has 0 fully saturated rings. The van der Waals surface area contributed by atoms with Crippen LogP contribution in [0.1, 0.15) is 5.56 Å². The minimum atomic E-state index is -1.55. The van der Waals surface area contributed by atoms with Gasteiger partial charge in [-0.25, -0.2) is 4.98 Å². The van der Waals surface area contributed by atoms with E-state index >= 15 is 0 Å². The molecule has 1 rings (SSSR count). The Morgan fingerprint density at radius 1 is 1.25 bits per heavy atom. The zero-order chi connectivity index (χ0) is 9.35. The van der Waals surface area contributed by atoms with Gasteiger partial charge >= 0.3 is 0 Å². The van der Waals surface area contributed by atoms with E-state index in [1.807, 2.05) is 0 Å². The van der Waals surface area contributed by atoms with Gasteiger partial charge in [-0.3, -0.25) is 0 Å². The van der Waals surface area contributed by atoms with Gasteiger partial charge in [-0.1, -0.05) is 46.4 Å². The van der Waals surface area contributed by atoms with Crippen LogP contribution < -0.4 is 5.73 Å². The molecule has 12 heavy (non-hydrogen) atoms. The highest BCUT2D eigenvalue weighted by molar-refractivity contribution is 6.67. The molecule has 0 aliphatic rings. The first-order chi connectivity index (χ1) is 5.41. The molecule has 6 heteroatoms. The maximum atomic E-state index is 5.58. The smallest absolute Gasteiger partial charge is 0.219 e. The summed E-state index contributed by atoms with van der Waals surface area (Å²) in [6, 6.07) is 3.03. The predicted octanol–water partition coefficient (Wildman–Crippen LogP) is 3.14. The quantitative estimate of drug-likeness (QED) is 0.564. The van der Waals surface area contributed by atoms with Crippen molar-refractivity contribution in [2.45, 2.75) is 3.79 Å². The molecule has 1 aromatic heterocycles. The molecule has 1 heterocycles. The van der Waals surface area contributed by atoms with Gasteiger partial charge in [0.2, 0.25) is 3.79 Å². The van der Waals surface area contributed by atoms with E-state index in [2.05, 4.69) is 4.98 Å². The molecule has 0 aliphatic heterocycles. The van der Waals surface area contributed by atoms with Crippen LogP contribution in [0.5, 0.6) is 0 Å². The standard InChI is InChI=1S/C6H4Cl4N2/c7-4-2-1-3(5(11)12-4)6(8,9)10/h1-2H,(H2,11,12). The maximum Gasteiger partial charge on any atom is 0.219 e. The van der Waals surface area contributed by atoms with E-state index in [0.29, 0.717) is 5.56 Å². The van der Waals surface area contributed by atoms with Gasteiger partial charge in [0.05, 0.1) is 0 Å². The highest BCUT2D eigenvalue weighted by atomic mass is 35.6. The maximum absolute atomic E-state index is 5.58. The van der Waals surface area contributed by atoms with Gasteiger partial charge in [0.1, 0.15) is 11.0 Å². The van der Waals surface area contributed by atoms with Gasteiger partial charge in [-0.2, -0.15) is 0 Å². The van der Waals surface area contributed by atoms with E-state index in [-0.39, 0.29) is 11.0 Å². The highest BCUT2D eigenvalue weighted by Gasteiger charge is 2.26. The van der Waals surface area contributed by atoms with E-state index < -0.39 is 3.79 Å². The molecule has 0 unspecified atom stereocenters. The van der Waals surface area contributed by atoms with Crippen molar-refractivity contribution in [3.05, 3.63) is 22.8 Å². The molecule has 0 aliphatic carbocycles.